The average molecular weight is 315 g/mol. The summed E-state index contributed by atoms with van der Waals surface area (Å²) in [5.74, 6) is 3.34. The number of rotatable bonds is 4. The van der Waals surface area contributed by atoms with E-state index in [1.54, 1.807) is 0 Å². The predicted molar refractivity (Wildman–Crippen MR) is 80.4 cm³/mol. The summed E-state index contributed by atoms with van der Waals surface area (Å²) in [7, 11) is 0. The van der Waals surface area contributed by atoms with Crippen molar-refractivity contribution in [3.8, 4) is 11.8 Å². The Hall–Kier alpha value is -2.36. The molecule has 0 spiro atoms. The molecular weight excluding hydrogens is 298 g/mol. The summed E-state index contributed by atoms with van der Waals surface area (Å²) in [4.78, 5) is 24.9. The van der Waals surface area contributed by atoms with Gasteiger partial charge in [-0.05, 0) is 24.1 Å². The Morgan fingerprint density at radius 2 is 1.65 bits per heavy atom. The number of carboxylic acid groups (broad SMARTS) is 2. The Labute approximate surface area is 133 Å². The van der Waals surface area contributed by atoms with Crippen molar-refractivity contribution in [2.45, 2.75) is 13.0 Å². The van der Waals surface area contributed by atoms with Crippen molar-refractivity contribution in [2.24, 2.45) is 10.8 Å². The number of likely N-dealkylation sites (tertiary alicyclic amines) is 1. The molecule has 1 heterocycles. The zero-order chi connectivity index (χ0) is 16.7. The Kier molecular flexibility index (Phi) is 3.63. The van der Waals surface area contributed by atoms with E-state index in [-0.39, 0.29) is 26.1 Å². The molecule has 6 nitrogen and oxygen atoms in total. The van der Waals surface area contributed by atoms with E-state index in [0.717, 1.165) is 11.1 Å². The van der Waals surface area contributed by atoms with Gasteiger partial charge >= 0.3 is 11.9 Å². The van der Waals surface area contributed by atoms with E-state index in [0.29, 0.717) is 6.54 Å². The van der Waals surface area contributed by atoms with Crippen molar-refractivity contribution < 1.29 is 24.9 Å². The maximum atomic E-state index is 11.5. The van der Waals surface area contributed by atoms with Crippen LogP contribution in [0.5, 0.6) is 0 Å². The lowest BCUT2D eigenvalue weighted by Gasteiger charge is -2.19. The average Bonchev–Trinajstić information content (AvgIpc) is 3.06. The van der Waals surface area contributed by atoms with Crippen molar-refractivity contribution in [1.29, 1.82) is 0 Å². The maximum absolute atomic E-state index is 11.5. The molecule has 0 radical (unpaired) electrons. The number of aliphatic hydroxyl groups excluding tert-OH is 1. The topological polar surface area (TPSA) is 98.1 Å². The van der Waals surface area contributed by atoms with Crippen LogP contribution >= 0.6 is 0 Å². The monoisotopic (exact) mass is 315 g/mol. The van der Waals surface area contributed by atoms with Crippen LogP contribution in [0.1, 0.15) is 17.5 Å². The number of nitrogens with zero attached hydrogens (tertiary/aromatic N) is 1. The molecule has 6 heteroatoms. The van der Waals surface area contributed by atoms with Crippen LogP contribution in [0.4, 0.5) is 0 Å². The van der Waals surface area contributed by atoms with Crippen LogP contribution in [0.15, 0.2) is 24.3 Å². The number of carboxylic acids is 2. The minimum Gasteiger partial charge on any atom is -0.481 e. The van der Waals surface area contributed by atoms with Gasteiger partial charge in [0.05, 0.1) is 10.8 Å². The van der Waals surface area contributed by atoms with Crippen LogP contribution in [0.3, 0.4) is 0 Å². The zero-order valence-corrected chi connectivity index (χ0v) is 12.5. The first-order chi connectivity index (χ1) is 10.9. The Morgan fingerprint density at radius 1 is 1.09 bits per heavy atom. The normalized spacial score (nSPS) is 28.6. The van der Waals surface area contributed by atoms with Crippen LogP contribution in [0, 0.1) is 22.7 Å². The van der Waals surface area contributed by atoms with E-state index in [1.165, 1.54) is 0 Å². The summed E-state index contributed by atoms with van der Waals surface area (Å²) in [6, 6.07) is 7.42. The Bertz CT molecular complexity index is 689. The highest BCUT2D eigenvalue weighted by Crippen LogP contribution is 2.68. The summed E-state index contributed by atoms with van der Waals surface area (Å²) in [6.07, 6.45) is 0.219. The quantitative estimate of drug-likeness (QED) is 0.696. The van der Waals surface area contributed by atoms with Crippen LogP contribution in [-0.2, 0) is 16.1 Å². The Balaban J connectivity index is 1.71. The predicted octanol–water partition coefficient (Wildman–Crippen LogP) is 0.392. The van der Waals surface area contributed by atoms with Gasteiger partial charge in [-0.1, -0.05) is 24.0 Å². The largest absolute Gasteiger partial charge is 0.481 e. The number of fused-ring (bicyclic) bond motifs is 1. The van der Waals surface area contributed by atoms with Gasteiger partial charge in [0.15, 0.2) is 0 Å². The molecule has 2 fully saturated rings. The number of aliphatic hydroxyl groups is 1. The highest BCUT2D eigenvalue weighted by molar-refractivity contribution is 5.94. The molecule has 1 aromatic rings. The number of carbonyl (C=O) groups is 2. The van der Waals surface area contributed by atoms with Crippen molar-refractivity contribution in [3.63, 3.8) is 0 Å². The van der Waals surface area contributed by atoms with Gasteiger partial charge in [-0.2, -0.15) is 0 Å². The van der Waals surface area contributed by atoms with Crippen LogP contribution in [0.2, 0.25) is 0 Å². The van der Waals surface area contributed by atoms with Crippen LogP contribution in [0.25, 0.3) is 0 Å². The number of aliphatic carboxylic acids is 2. The summed E-state index contributed by atoms with van der Waals surface area (Å²) < 4.78 is 0. The molecule has 1 aliphatic carbocycles. The van der Waals surface area contributed by atoms with E-state index in [1.807, 2.05) is 29.2 Å². The number of benzene rings is 1. The van der Waals surface area contributed by atoms with E-state index in [9.17, 15) is 19.8 Å². The van der Waals surface area contributed by atoms with Gasteiger partial charge in [-0.25, -0.2) is 0 Å². The molecule has 0 unspecified atom stereocenters. The third-order valence-corrected chi connectivity index (χ3v) is 4.87. The molecule has 1 aromatic carbocycles. The summed E-state index contributed by atoms with van der Waals surface area (Å²) in [5.41, 5.74) is -0.505. The fraction of sp³-hybridized carbons (Fsp3) is 0.412. The summed E-state index contributed by atoms with van der Waals surface area (Å²) >= 11 is 0. The molecule has 3 N–H and O–H groups in total. The fourth-order valence-electron chi connectivity index (χ4n) is 3.61. The smallest absolute Gasteiger partial charge is 0.312 e. The molecule has 23 heavy (non-hydrogen) atoms. The van der Waals surface area contributed by atoms with Crippen molar-refractivity contribution in [2.75, 3.05) is 19.7 Å². The maximum Gasteiger partial charge on any atom is 0.312 e. The molecule has 0 aromatic heterocycles. The standard InChI is InChI=1S/C17H17NO5/c19-7-1-2-12-3-5-13(6-4-12)8-18-10-16(14(20)21)9-17(16,11-18)15(22)23/h3-6,19H,7-11H2,(H,20,21)(H,22,23)/t16-,17+. The van der Waals surface area contributed by atoms with E-state index >= 15 is 0 Å². The first-order valence-corrected chi connectivity index (χ1v) is 7.31. The SMILES string of the molecule is O=C(O)[C@@]12CN(Cc3ccc(C#CCO)cc3)C[C@]1(C(=O)O)C2. The third kappa shape index (κ3) is 2.38. The second kappa shape index (κ2) is 5.37. The first-order valence-electron chi connectivity index (χ1n) is 7.31. The lowest BCUT2D eigenvalue weighted by Crippen LogP contribution is -2.28. The van der Waals surface area contributed by atoms with Crippen molar-refractivity contribution >= 4 is 11.9 Å². The van der Waals surface area contributed by atoms with Gasteiger partial charge in [0.2, 0.25) is 0 Å². The highest BCUT2D eigenvalue weighted by atomic mass is 16.4. The van der Waals surface area contributed by atoms with Gasteiger partial charge < -0.3 is 15.3 Å². The van der Waals surface area contributed by atoms with Crippen molar-refractivity contribution in [1.82, 2.24) is 4.90 Å². The molecule has 2 atom stereocenters. The van der Waals surface area contributed by atoms with E-state index in [4.69, 9.17) is 5.11 Å². The fourth-order valence-corrected chi connectivity index (χ4v) is 3.61. The molecule has 0 amide bonds. The van der Waals surface area contributed by atoms with E-state index in [2.05, 4.69) is 11.8 Å². The third-order valence-electron chi connectivity index (χ3n) is 4.87. The molecule has 1 saturated carbocycles. The van der Waals surface area contributed by atoms with Gasteiger partial charge in [0.25, 0.3) is 0 Å². The Morgan fingerprint density at radius 3 is 2.13 bits per heavy atom. The number of hydrogen-bond donors (Lipinski definition) is 3. The van der Waals surface area contributed by atoms with Crippen LogP contribution < -0.4 is 0 Å². The molecular formula is C17H17NO5. The minimum atomic E-state index is -1.13. The van der Waals surface area contributed by atoms with Gasteiger partial charge in [0, 0.05) is 25.2 Å². The van der Waals surface area contributed by atoms with Gasteiger partial charge in [-0.3, -0.25) is 14.5 Å². The molecule has 1 aliphatic heterocycles. The number of hydrogen-bond acceptors (Lipinski definition) is 4. The molecule has 1 saturated heterocycles. The summed E-state index contributed by atoms with van der Waals surface area (Å²) in [5, 5.41) is 27.5. The molecule has 120 valence electrons. The molecule has 2 aliphatic rings. The second-order valence-electron chi connectivity index (χ2n) is 6.25. The highest BCUT2D eigenvalue weighted by Gasteiger charge is 2.80. The van der Waals surface area contributed by atoms with Crippen molar-refractivity contribution in [3.05, 3.63) is 35.4 Å². The van der Waals surface area contributed by atoms with Crippen LogP contribution in [-0.4, -0.2) is 51.9 Å². The van der Waals surface area contributed by atoms with Gasteiger partial charge in [-0.15, -0.1) is 0 Å². The molecule has 0 bridgehead atoms. The van der Waals surface area contributed by atoms with Gasteiger partial charge in [0.1, 0.15) is 6.61 Å². The number of piperidine rings is 1. The zero-order valence-electron chi connectivity index (χ0n) is 12.5. The van der Waals surface area contributed by atoms with E-state index < -0.39 is 22.8 Å². The molecule has 3 rings (SSSR count). The minimum absolute atomic E-state index is 0.190. The summed E-state index contributed by atoms with van der Waals surface area (Å²) in [6.45, 7) is 0.850. The lowest BCUT2D eigenvalue weighted by molar-refractivity contribution is -0.151. The first kappa shape index (κ1) is 15.5. The second-order valence-corrected chi connectivity index (χ2v) is 6.25. The lowest BCUT2D eigenvalue weighted by atomic mass is 9.97.